The first kappa shape index (κ1) is 24.7. The quantitative estimate of drug-likeness (QED) is 0.123. The molecule has 0 aliphatic heterocycles. The van der Waals surface area contributed by atoms with Gasteiger partial charge in [0.2, 0.25) is 5.78 Å². The summed E-state index contributed by atoms with van der Waals surface area (Å²) in [7, 11) is -2.62. The first-order valence-electron chi connectivity index (χ1n) is 12.0. The second-order valence-electron chi connectivity index (χ2n) is 8.52. The number of nitrogens with zero attached hydrogens (tertiary/aromatic N) is 1. The Bertz CT molecular complexity index is 1460. The van der Waals surface area contributed by atoms with Gasteiger partial charge in [-0.15, -0.1) is 0 Å². The van der Waals surface area contributed by atoms with Crippen LogP contribution < -0.4 is 15.9 Å². The lowest BCUT2D eigenvalue weighted by Gasteiger charge is -2.27. The Labute approximate surface area is 223 Å². The highest BCUT2D eigenvalue weighted by molar-refractivity contribution is 7.87. The van der Waals surface area contributed by atoms with E-state index in [0.717, 1.165) is 21.5 Å². The van der Waals surface area contributed by atoms with E-state index in [-0.39, 0.29) is 5.78 Å². The van der Waals surface area contributed by atoms with Gasteiger partial charge in [-0.1, -0.05) is 145 Å². The van der Waals surface area contributed by atoms with E-state index < -0.39 is 7.05 Å². The van der Waals surface area contributed by atoms with Crippen molar-refractivity contribution >= 4 is 46.4 Å². The van der Waals surface area contributed by atoms with Gasteiger partial charge >= 0.3 is 0 Å². The normalized spacial score (nSPS) is 11.6. The van der Waals surface area contributed by atoms with Crippen LogP contribution in [0.3, 0.4) is 0 Å². The molecule has 37 heavy (non-hydrogen) atoms. The summed E-state index contributed by atoms with van der Waals surface area (Å²) in [6, 6.07) is 47.7. The number of allylic oxidation sites excluding steroid dienone is 1. The molecular formula is C33H25ClNOP. The fraction of sp³-hybridized carbons (Fsp3) is 0. The minimum absolute atomic E-state index is 0.122. The maximum absolute atomic E-state index is 14.0. The van der Waals surface area contributed by atoms with E-state index >= 15 is 0 Å². The number of hydrogen-bond acceptors (Lipinski definition) is 2. The lowest BCUT2D eigenvalue weighted by atomic mass is 10.1. The molecule has 0 aromatic heterocycles. The zero-order valence-corrected chi connectivity index (χ0v) is 21.8. The molecule has 0 spiro atoms. The van der Waals surface area contributed by atoms with Crippen molar-refractivity contribution in [2.24, 2.45) is 4.74 Å². The molecule has 4 heteroatoms. The third-order valence-corrected chi connectivity index (χ3v) is 9.99. The van der Waals surface area contributed by atoms with E-state index in [2.05, 4.69) is 36.4 Å². The molecular weight excluding hydrogens is 493 g/mol. The maximum Gasteiger partial charge on any atom is 0.211 e. The smallest absolute Gasteiger partial charge is 0.211 e. The van der Waals surface area contributed by atoms with Gasteiger partial charge in [0.05, 0.1) is 7.05 Å². The van der Waals surface area contributed by atoms with Gasteiger partial charge in [-0.3, -0.25) is 4.79 Å². The van der Waals surface area contributed by atoms with E-state index in [1.807, 2.05) is 115 Å². The third kappa shape index (κ3) is 5.42. The van der Waals surface area contributed by atoms with Crippen LogP contribution in [-0.4, -0.2) is 5.78 Å². The average Bonchev–Trinajstić information content (AvgIpc) is 2.98. The van der Waals surface area contributed by atoms with Gasteiger partial charge < -0.3 is 0 Å². The molecule has 0 aliphatic rings. The SMILES string of the molecule is O=C(/C(=C/c1ccc(Cl)cc1)N=P(c1ccccc1)(c1ccccc1)c1ccccc1)c1ccccc1. The highest BCUT2D eigenvalue weighted by Crippen LogP contribution is 2.48. The summed E-state index contributed by atoms with van der Waals surface area (Å²) in [6.45, 7) is 0. The highest BCUT2D eigenvalue weighted by atomic mass is 35.5. The summed E-state index contributed by atoms with van der Waals surface area (Å²) < 4.78 is 5.50. The molecule has 0 unspecified atom stereocenters. The van der Waals surface area contributed by atoms with Crippen molar-refractivity contribution in [3.63, 3.8) is 0 Å². The third-order valence-electron chi connectivity index (χ3n) is 6.09. The van der Waals surface area contributed by atoms with Crippen molar-refractivity contribution in [2.75, 3.05) is 0 Å². The molecule has 0 aliphatic carbocycles. The standard InChI is InChI=1S/C33H25ClNOP/c34-28-23-21-26(22-24-28)25-32(33(36)27-13-5-1-6-14-27)35-37(29-15-7-2-8-16-29,30-17-9-3-10-18-30)31-19-11-4-12-20-31/h1-25H/b32-25-. The number of halogens is 1. The first-order valence-corrected chi connectivity index (χ1v) is 14.1. The lowest BCUT2D eigenvalue weighted by molar-refractivity contribution is 0.103. The lowest BCUT2D eigenvalue weighted by Crippen LogP contribution is -2.25. The zero-order valence-electron chi connectivity index (χ0n) is 20.1. The van der Waals surface area contributed by atoms with Crippen molar-refractivity contribution in [2.45, 2.75) is 0 Å². The minimum Gasteiger partial charge on any atom is -0.287 e. The Balaban J connectivity index is 1.88. The number of ketones is 1. The van der Waals surface area contributed by atoms with Gasteiger partial charge in [-0.05, 0) is 23.8 Å². The fourth-order valence-electron chi connectivity index (χ4n) is 4.31. The van der Waals surface area contributed by atoms with E-state index in [4.69, 9.17) is 16.3 Å². The second-order valence-corrected chi connectivity index (χ2v) is 12.0. The van der Waals surface area contributed by atoms with Crippen molar-refractivity contribution in [1.29, 1.82) is 0 Å². The molecule has 5 aromatic carbocycles. The molecule has 0 bridgehead atoms. The van der Waals surface area contributed by atoms with Crippen molar-refractivity contribution in [3.05, 3.63) is 167 Å². The molecule has 0 heterocycles. The van der Waals surface area contributed by atoms with Crippen LogP contribution in [0.2, 0.25) is 5.02 Å². The van der Waals surface area contributed by atoms with Crippen LogP contribution in [0, 0.1) is 0 Å². The Morgan fingerprint density at radius 2 is 0.973 bits per heavy atom. The molecule has 0 N–H and O–H groups in total. The second kappa shape index (κ2) is 11.4. The molecule has 0 fully saturated rings. The van der Waals surface area contributed by atoms with E-state index in [0.29, 0.717) is 16.3 Å². The van der Waals surface area contributed by atoms with E-state index in [9.17, 15) is 4.79 Å². The molecule has 0 saturated heterocycles. The van der Waals surface area contributed by atoms with Crippen LogP contribution >= 0.6 is 18.7 Å². The summed E-state index contributed by atoms with van der Waals surface area (Å²) in [4.78, 5) is 14.0. The molecule has 2 nitrogen and oxygen atoms in total. The summed E-state index contributed by atoms with van der Waals surface area (Å²) in [5.41, 5.74) is 1.86. The largest absolute Gasteiger partial charge is 0.287 e. The van der Waals surface area contributed by atoms with Crippen LogP contribution in [-0.2, 0) is 0 Å². The Kier molecular flexibility index (Phi) is 7.61. The number of benzene rings is 5. The molecule has 180 valence electrons. The van der Waals surface area contributed by atoms with Crippen LogP contribution in [0.25, 0.3) is 6.08 Å². The van der Waals surface area contributed by atoms with Gasteiger partial charge in [0.15, 0.2) is 0 Å². The van der Waals surface area contributed by atoms with Crippen molar-refractivity contribution < 1.29 is 4.79 Å². The van der Waals surface area contributed by atoms with Gasteiger partial charge in [0.1, 0.15) is 5.70 Å². The summed E-state index contributed by atoms with van der Waals surface area (Å²) in [5.74, 6) is -0.122. The number of rotatable bonds is 7. The van der Waals surface area contributed by atoms with Gasteiger partial charge in [-0.25, -0.2) is 4.74 Å². The number of Topliss-reactive ketones (excluding diaryl/α,β-unsaturated/α-hetero) is 1. The Morgan fingerprint density at radius 1 is 0.568 bits per heavy atom. The molecule has 0 atom stereocenters. The van der Waals surface area contributed by atoms with Crippen LogP contribution in [0.1, 0.15) is 15.9 Å². The number of hydrogen-bond donors (Lipinski definition) is 0. The van der Waals surface area contributed by atoms with Crippen LogP contribution in [0.4, 0.5) is 0 Å². The first-order chi connectivity index (χ1) is 18.2. The predicted octanol–water partition coefficient (Wildman–Crippen LogP) is 7.74. The monoisotopic (exact) mass is 517 g/mol. The van der Waals surface area contributed by atoms with Crippen molar-refractivity contribution in [3.8, 4) is 0 Å². The van der Waals surface area contributed by atoms with E-state index in [1.165, 1.54) is 0 Å². The minimum atomic E-state index is -2.62. The van der Waals surface area contributed by atoms with Crippen LogP contribution in [0.5, 0.6) is 0 Å². The molecule has 5 rings (SSSR count). The summed E-state index contributed by atoms with van der Waals surface area (Å²) in [6.07, 6.45) is 1.87. The average molecular weight is 518 g/mol. The molecule has 0 radical (unpaired) electrons. The van der Waals surface area contributed by atoms with Crippen LogP contribution in [0.15, 0.2) is 156 Å². The Morgan fingerprint density at radius 3 is 1.41 bits per heavy atom. The van der Waals surface area contributed by atoms with Gasteiger partial charge in [-0.2, -0.15) is 0 Å². The maximum atomic E-state index is 14.0. The summed E-state index contributed by atoms with van der Waals surface area (Å²) in [5, 5.41) is 3.88. The summed E-state index contributed by atoms with van der Waals surface area (Å²) >= 11 is 6.15. The zero-order chi connectivity index (χ0) is 25.5. The number of carbonyl (C=O) groups excluding carboxylic acids is 1. The predicted molar refractivity (Wildman–Crippen MR) is 158 cm³/mol. The van der Waals surface area contributed by atoms with Crippen molar-refractivity contribution in [1.82, 2.24) is 0 Å². The van der Waals surface area contributed by atoms with Gasteiger partial charge in [0.25, 0.3) is 0 Å². The number of carbonyl (C=O) groups is 1. The van der Waals surface area contributed by atoms with Gasteiger partial charge in [0, 0.05) is 26.5 Å². The van der Waals surface area contributed by atoms with E-state index in [1.54, 1.807) is 0 Å². The molecule has 0 saturated carbocycles. The fourth-order valence-corrected chi connectivity index (χ4v) is 7.96. The molecule has 0 amide bonds. The highest BCUT2D eigenvalue weighted by Gasteiger charge is 2.29. The Hall–Kier alpha value is -3.97. The topological polar surface area (TPSA) is 29.4 Å². The molecule has 5 aromatic rings.